The number of aromatic nitrogens is 2. The van der Waals surface area contributed by atoms with Crippen LogP contribution in [-0.2, 0) is 6.42 Å². The molecule has 0 spiro atoms. The number of benzene rings is 1. The summed E-state index contributed by atoms with van der Waals surface area (Å²) in [6.07, 6.45) is 2.52. The van der Waals surface area contributed by atoms with Crippen molar-refractivity contribution >= 4 is 40.0 Å². The molecule has 0 fully saturated rings. The molecular weight excluding hydrogens is 400 g/mol. The van der Waals surface area contributed by atoms with Crippen molar-refractivity contribution in [3.63, 3.8) is 0 Å². The highest BCUT2D eigenvalue weighted by atomic mass is 32.1. The van der Waals surface area contributed by atoms with Crippen LogP contribution in [0, 0.1) is 0 Å². The SMILES string of the molecule is NC(=NCCc1ncc(-c2cccc(N=C(N)c3cccs3)c2)[nH]1)c1cccs1. The fourth-order valence-electron chi connectivity index (χ4n) is 2.78. The molecule has 6 nitrogen and oxygen atoms in total. The standard InChI is InChI=1S/C21H20N6S2/c22-20(17-6-2-10-28-17)24-9-8-19-25-13-16(27-19)14-4-1-5-15(12-14)26-21(23)18-7-3-11-29-18/h1-7,10-13H,8-9H2,(H2,22,24)(H2,23,26)(H,25,27). The van der Waals surface area contributed by atoms with E-state index in [2.05, 4.69) is 20.0 Å². The lowest BCUT2D eigenvalue weighted by atomic mass is 10.1. The Morgan fingerprint density at radius 1 is 0.966 bits per heavy atom. The first-order valence-corrected chi connectivity index (χ1v) is 10.8. The van der Waals surface area contributed by atoms with Gasteiger partial charge in [0.25, 0.3) is 0 Å². The maximum Gasteiger partial charge on any atom is 0.141 e. The van der Waals surface area contributed by atoms with E-state index < -0.39 is 0 Å². The van der Waals surface area contributed by atoms with Crippen LogP contribution in [0.4, 0.5) is 5.69 Å². The second-order valence-electron chi connectivity index (χ2n) is 6.26. The molecule has 0 atom stereocenters. The van der Waals surface area contributed by atoms with E-state index in [1.807, 2.05) is 65.5 Å². The largest absolute Gasteiger partial charge is 0.383 e. The van der Waals surface area contributed by atoms with Crippen molar-refractivity contribution in [2.24, 2.45) is 21.5 Å². The summed E-state index contributed by atoms with van der Waals surface area (Å²) < 4.78 is 0. The van der Waals surface area contributed by atoms with Gasteiger partial charge in [-0.15, -0.1) is 22.7 Å². The maximum absolute atomic E-state index is 6.10. The van der Waals surface area contributed by atoms with Gasteiger partial charge in [0.05, 0.1) is 27.3 Å². The molecule has 29 heavy (non-hydrogen) atoms. The first-order valence-electron chi connectivity index (χ1n) is 9.05. The van der Waals surface area contributed by atoms with Crippen LogP contribution in [-0.4, -0.2) is 28.2 Å². The molecule has 0 aliphatic carbocycles. The van der Waals surface area contributed by atoms with Gasteiger partial charge in [-0.3, -0.25) is 4.99 Å². The Labute approximate surface area is 176 Å². The van der Waals surface area contributed by atoms with E-state index in [4.69, 9.17) is 11.5 Å². The van der Waals surface area contributed by atoms with E-state index in [0.717, 1.165) is 32.5 Å². The third kappa shape index (κ3) is 4.79. The number of nitrogens with one attached hydrogen (secondary N) is 1. The Kier molecular flexibility index (Phi) is 5.83. The molecule has 4 rings (SSSR count). The lowest BCUT2D eigenvalue weighted by Crippen LogP contribution is -2.12. The molecular formula is C21H20N6S2. The lowest BCUT2D eigenvalue weighted by Gasteiger charge is -2.02. The second-order valence-corrected chi connectivity index (χ2v) is 8.16. The van der Waals surface area contributed by atoms with Gasteiger partial charge in [0.15, 0.2) is 0 Å². The average molecular weight is 421 g/mol. The van der Waals surface area contributed by atoms with E-state index in [0.29, 0.717) is 24.6 Å². The van der Waals surface area contributed by atoms with Crippen molar-refractivity contribution in [1.29, 1.82) is 0 Å². The number of aliphatic imine (C=N–C) groups is 2. The normalized spacial score (nSPS) is 12.4. The van der Waals surface area contributed by atoms with Crippen molar-refractivity contribution < 1.29 is 0 Å². The smallest absolute Gasteiger partial charge is 0.141 e. The van der Waals surface area contributed by atoms with Crippen LogP contribution in [0.15, 0.2) is 75.5 Å². The summed E-state index contributed by atoms with van der Waals surface area (Å²) in [6, 6.07) is 15.8. The van der Waals surface area contributed by atoms with E-state index in [1.165, 1.54) is 0 Å². The summed E-state index contributed by atoms with van der Waals surface area (Å²) in [4.78, 5) is 18.7. The first-order chi connectivity index (χ1) is 14.2. The zero-order valence-electron chi connectivity index (χ0n) is 15.6. The third-order valence-electron chi connectivity index (χ3n) is 4.21. The Hall–Kier alpha value is -3.23. The monoisotopic (exact) mass is 420 g/mol. The fraction of sp³-hybridized carbons (Fsp3) is 0.0952. The highest BCUT2D eigenvalue weighted by molar-refractivity contribution is 7.12. The summed E-state index contributed by atoms with van der Waals surface area (Å²) in [5.74, 6) is 1.96. The van der Waals surface area contributed by atoms with Crippen LogP contribution in [0.5, 0.6) is 0 Å². The van der Waals surface area contributed by atoms with Crippen LogP contribution >= 0.6 is 22.7 Å². The van der Waals surface area contributed by atoms with Crippen molar-refractivity contribution in [1.82, 2.24) is 9.97 Å². The van der Waals surface area contributed by atoms with Crippen molar-refractivity contribution in [2.75, 3.05) is 6.54 Å². The number of nitrogens with two attached hydrogens (primary N) is 2. The van der Waals surface area contributed by atoms with Crippen LogP contribution in [0.2, 0.25) is 0 Å². The molecule has 0 saturated heterocycles. The average Bonchev–Trinajstić information content (AvgIpc) is 3.50. The minimum Gasteiger partial charge on any atom is -0.383 e. The predicted octanol–water partition coefficient (Wildman–Crippen LogP) is 4.18. The molecule has 8 heteroatoms. The number of hydrogen-bond acceptors (Lipinski definition) is 5. The van der Waals surface area contributed by atoms with Gasteiger partial charge in [-0.05, 0) is 35.0 Å². The van der Waals surface area contributed by atoms with Gasteiger partial charge < -0.3 is 16.5 Å². The minimum absolute atomic E-state index is 0.517. The molecule has 0 radical (unpaired) electrons. The van der Waals surface area contributed by atoms with Gasteiger partial charge in [0.2, 0.25) is 0 Å². The molecule has 0 amide bonds. The first kappa shape index (κ1) is 19.1. The van der Waals surface area contributed by atoms with E-state index in [1.54, 1.807) is 22.7 Å². The van der Waals surface area contributed by atoms with E-state index in [-0.39, 0.29) is 0 Å². The Morgan fingerprint density at radius 2 is 1.72 bits per heavy atom. The van der Waals surface area contributed by atoms with Crippen molar-refractivity contribution in [3.05, 3.63) is 81.1 Å². The number of hydrogen-bond donors (Lipinski definition) is 3. The third-order valence-corrected chi connectivity index (χ3v) is 6.00. The van der Waals surface area contributed by atoms with Crippen LogP contribution in [0.3, 0.4) is 0 Å². The summed E-state index contributed by atoms with van der Waals surface area (Å²) >= 11 is 3.16. The number of aromatic amines is 1. The fourth-order valence-corrected chi connectivity index (χ4v) is 4.06. The molecule has 0 aliphatic heterocycles. The van der Waals surface area contributed by atoms with Gasteiger partial charge in [-0.2, -0.15) is 0 Å². The van der Waals surface area contributed by atoms with Crippen molar-refractivity contribution in [2.45, 2.75) is 6.42 Å². The second kappa shape index (κ2) is 8.85. The number of imidazole rings is 1. The minimum atomic E-state index is 0.517. The topological polar surface area (TPSA) is 105 Å². The molecule has 0 saturated carbocycles. The Bertz CT molecular complexity index is 1120. The molecule has 0 bridgehead atoms. The predicted molar refractivity (Wildman–Crippen MR) is 122 cm³/mol. The Balaban J connectivity index is 1.44. The van der Waals surface area contributed by atoms with Crippen LogP contribution in [0.25, 0.3) is 11.3 Å². The molecule has 3 aromatic heterocycles. The number of amidine groups is 2. The van der Waals surface area contributed by atoms with Crippen LogP contribution < -0.4 is 11.5 Å². The van der Waals surface area contributed by atoms with Gasteiger partial charge in [0.1, 0.15) is 17.5 Å². The lowest BCUT2D eigenvalue weighted by molar-refractivity contribution is 0.894. The molecule has 5 N–H and O–H groups in total. The zero-order valence-corrected chi connectivity index (χ0v) is 17.2. The zero-order chi connectivity index (χ0) is 20.1. The summed E-state index contributed by atoms with van der Waals surface area (Å²) in [7, 11) is 0. The number of H-pyrrole nitrogens is 1. The molecule has 146 valence electrons. The van der Waals surface area contributed by atoms with Gasteiger partial charge in [-0.1, -0.05) is 24.3 Å². The highest BCUT2D eigenvalue weighted by Gasteiger charge is 2.06. The maximum atomic E-state index is 6.10. The highest BCUT2D eigenvalue weighted by Crippen LogP contribution is 2.23. The molecule has 1 aromatic carbocycles. The summed E-state index contributed by atoms with van der Waals surface area (Å²) in [6.45, 7) is 0.582. The van der Waals surface area contributed by atoms with Gasteiger partial charge >= 0.3 is 0 Å². The summed E-state index contributed by atoms with van der Waals surface area (Å²) in [5, 5.41) is 3.97. The molecule has 0 aliphatic rings. The molecule has 4 aromatic rings. The summed E-state index contributed by atoms with van der Waals surface area (Å²) in [5.41, 5.74) is 14.8. The number of nitrogens with zero attached hydrogens (tertiary/aromatic N) is 3. The number of thiophene rings is 2. The van der Waals surface area contributed by atoms with Crippen molar-refractivity contribution in [3.8, 4) is 11.3 Å². The van der Waals surface area contributed by atoms with Gasteiger partial charge in [0, 0.05) is 18.5 Å². The van der Waals surface area contributed by atoms with Gasteiger partial charge in [-0.25, -0.2) is 9.98 Å². The van der Waals surface area contributed by atoms with E-state index >= 15 is 0 Å². The molecule has 0 unspecified atom stereocenters. The quantitative estimate of drug-likeness (QED) is 0.308. The van der Waals surface area contributed by atoms with E-state index in [9.17, 15) is 0 Å². The number of rotatable bonds is 7. The Morgan fingerprint density at radius 3 is 2.45 bits per heavy atom. The van der Waals surface area contributed by atoms with Crippen LogP contribution in [0.1, 0.15) is 15.6 Å². The molecule has 3 heterocycles.